The van der Waals surface area contributed by atoms with Gasteiger partial charge in [-0.15, -0.1) is 0 Å². The first kappa shape index (κ1) is 19.6. The fourth-order valence-electron chi connectivity index (χ4n) is 2.91. The molecular formula is C21H29ClN2O. The number of amides is 1. The van der Waals surface area contributed by atoms with Crippen LogP contribution in [0.4, 0.5) is 0 Å². The lowest BCUT2D eigenvalue weighted by molar-refractivity contribution is -0.134. The fourth-order valence-corrected chi connectivity index (χ4v) is 3.11. The third-order valence-electron chi connectivity index (χ3n) is 4.74. The normalized spacial score (nSPS) is 12.2. The second-order valence-electron chi connectivity index (χ2n) is 6.60. The Bertz CT molecular complexity index is 680. The molecular weight excluding hydrogens is 332 g/mol. The number of halogens is 1. The van der Waals surface area contributed by atoms with E-state index in [1.54, 1.807) is 0 Å². The Morgan fingerprint density at radius 2 is 1.96 bits per heavy atom. The van der Waals surface area contributed by atoms with Crippen LogP contribution in [-0.2, 0) is 17.9 Å². The van der Waals surface area contributed by atoms with Gasteiger partial charge in [0.2, 0.25) is 5.91 Å². The molecule has 3 nitrogen and oxygen atoms in total. The van der Waals surface area contributed by atoms with Gasteiger partial charge in [0, 0.05) is 35.9 Å². The highest BCUT2D eigenvalue weighted by Crippen LogP contribution is 2.19. The third kappa shape index (κ3) is 5.37. The number of rotatable bonds is 9. The van der Waals surface area contributed by atoms with E-state index >= 15 is 0 Å². The first-order chi connectivity index (χ1) is 12.1. The topological polar surface area (TPSA) is 25.2 Å². The number of aromatic nitrogens is 1. The van der Waals surface area contributed by atoms with Crippen LogP contribution >= 0.6 is 11.6 Å². The summed E-state index contributed by atoms with van der Waals surface area (Å²) in [6.45, 7) is 7.75. The van der Waals surface area contributed by atoms with Crippen molar-refractivity contribution in [2.75, 3.05) is 0 Å². The van der Waals surface area contributed by atoms with Gasteiger partial charge >= 0.3 is 0 Å². The van der Waals surface area contributed by atoms with Crippen molar-refractivity contribution in [2.24, 2.45) is 0 Å². The average molecular weight is 361 g/mol. The van der Waals surface area contributed by atoms with E-state index in [9.17, 15) is 4.79 Å². The molecule has 0 saturated heterocycles. The summed E-state index contributed by atoms with van der Waals surface area (Å²) in [6.07, 6.45) is 5.65. The van der Waals surface area contributed by atoms with Gasteiger partial charge in [-0.05, 0) is 43.5 Å². The van der Waals surface area contributed by atoms with Crippen molar-refractivity contribution in [3.05, 3.63) is 58.9 Å². The quantitative estimate of drug-likeness (QED) is 0.579. The molecule has 1 atom stereocenters. The molecule has 1 amide bonds. The Kier molecular flexibility index (Phi) is 7.57. The predicted molar refractivity (Wildman–Crippen MR) is 105 cm³/mol. The molecule has 1 heterocycles. The third-order valence-corrected chi connectivity index (χ3v) is 5.11. The monoisotopic (exact) mass is 360 g/mol. The van der Waals surface area contributed by atoms with E-state index in [1.807, 2.05) is 35.2 Å². The number of nitrogens with zero attached hydrogens (tertiary/aromatic N) is 2. The first-order valence-electron chi connectivity index (χ1n) is 9.23. The van der Waals surface area contributed by atoms with Gasteiger partial charge in [-0.2, -0.15) is 0 Å². The van der Waals surface area contributed by atoms with Crippen molar-refractivity contribution in [1.29, 1.82) is 0 Å². The van der Waals surface area contributed by atoms with Gasteiger partial charge in [-0.25, -0.2) is 0 Å². The van der Waals surface area contributed by atoms with Crippen molar-refractivity contribution < 1.29 is 4.79 Å². The van der Waals surface area contributed by atoms with E-state index in [0.717, 1.165) is 42.1 Å². The van der Waals surface area contributed by atoms with Crippen LogP contribution in [0.2, 0.25) is 5.02 Å². The molecule has 0 spiro atoms. The highest BCUT2D eigenvalue weighted by atomic mass is 35.5. The lowest BCUT2D eigenvalue weighted by atomic mass is 10.1. The Hall–Kier alpha value is -1.74. The minimum Gasteiger partial charge on any atom is -0.345 e. The largest absolute Gasteiger partial charge is 0.345 e. The van der Waals surface area contributed by atoms with Gasteiger partial charge in [0.15, 0.2) is 0 Å². The Morgan fingerprint density at radius 3 is 2.64 bits per heavy atom. The minimum atomic E-state index is 0.244. The molecule has 0 fully saturated rings. The zero-order valence-electron chi connectivity index (χ0n) is 15.5. The van der Waals surface area contributed by atoms with Crippen molar-refractivity contribution in [3.8, 4) is 0 Å². The van der Waals surface area contributed by atoms with Gasteiger partial charge in [0.05, 0.1) is 6.54 Å². The number of hydrogen-bond acceptors (Lipinski definition) is 1. The van der Waals surface area contributed by atoms with Crippen molar-refractivity contribution in [3.63, 3.8) is 0 Å². The lowest BCUT2D eigenvalue weighted by Crippen LogP contribution is -2.38. The molecule has 25 heavy (non-hydrogen) atoms. The minimum absolute atomic E-state index is 0.244. The van der Waals surface area contributed by atoms with E-state index < -0.39 is 0 Å². The maximum Gasteiger partial charge on any atom is 0.223 e. The molecule has 136 valence electrons. The van der Waals surface area contributed by atoms with Gasteiger partial charge < -0.3 is 9.47 Å². The van der Waals surface area contributed by atoms with E-state index in [2.05, 4.69) is 37.6 Å². The highest BCUT2D eigenvalue weighted by Gasteiger charge is 2.20. The summed E-state index contributed by atoms with van der Waals surface area (Å²) in [4.78, 5) is 14.7. The molecule has 1 aromatic heterocycles. The summed E-state index contributed by atoms with van der Waals surface area (Å²) in [5.41, 5.74) is 2.24. The van der Waals surface area contributed by atoms with Crippen molar-refractivity contribution in [1.82, 2.24) is 9.47 Å². The molecule has 4 heteroatoms. The zero-order valence-corrected chi connectivity index (χ0v) is 16.3. The molecule has 0 aliphatic heterocycles. The molecule has 2 rings (SSSR count). The van der Waals surface area contributed by atoms with E-state index in [4.69, 9.17) is 11.6 Å². The van der Waals surface area contributed by atoms with E-state index in [1.165, 1.54) is 0 Å². The first-order valence-corrected chi connectivity index (χ1v) is 9.61. The summed E-state index contributed by atoms with van der Waals surface area (Å²) in [5, 5.41) is 0.778. The molecule has 0 saturated carbocycles. The Morgan fingerprint density at radius 1 is 1.20 bits per heavy atom. The van der Waals surface area contributed by atoms with Crippen LogP contribution in [0.15, 0.2) is 42.6 Å². The van der Waals surface area contributed by atoms with Crippen LogP contribution in [0.25, 0.3) is 0 Å². The second-order valence-corrected chi connectivity index (χ2v) is 7.01. The summed E-state index contributed by atoms with van der Waals surface area (Å²) in [6, 6.07) is 12.3. The van der Waals surface area contributed by atoms with Gasteiger partial charge in [-0.3, -0.25) is 4.79 Å². The molecule has 0 radical (unpaired) electrons. The summed E-state index contributed by atoms with van der Waals surface area (Å²) < 4.78 is 2.18. The number of benzene rings is 1. The number of carbonyl (C=O) groups is 1. The highest BCUT2D eigenvalue weighted by molar-refractivity contribution is 6.31. The van der Waals surface area contributed by atoms with Crippen molar-refractivity contribution >= 4 is 17.5 Å². The van der Waals surface area contributed by atoms with Gasteiger partial charge in [0.1, 0.15) is 0 Å². The summed E-state index contributed by atoms with van der Waals surface area (Å²) >= 11 is 6.30. The van der Waals surface area contributed by atoms with E-state index in [-0.39, 0.29) is 11.9 Å². The smallest absolute Gasteiger partial charge is 0.223 e. The van der Waals surface area contributed by atoms with Gasteiger partial charge in [-0.1, -0.05) is 50.1 Å². The average Bonchev–Trinajstić information content (AvgIpc) is 3.05. The molecule has 0 N–H and O–H groups in total. The Balaban J connectivity index is 2.16. The molecule has 0 aliphatic carbocycles. The zero-order chi connectivity index (χ0) is 18.2. The lowest BCUT2D eigenvalue weighted by Gasteiger charge is -2.29. The summed E-state index contributed by atoms with van der Waals surface area (Å²) in [7, 11) is 0. The predicted octanol–water partition coefficient (Wildman–Crippen LogP) is 5.51. The SMILES string of the molecule is CCCCC(=O)N(Cc1cccn1Cc1ccccc1Cl)[C@H](C)CC. The van der Waals surface area contributed by atoms with Crippen molar-refractivity contribution in [2.45, 2.75) is 65.6 Å². The number of hydrogen-bond donors (Lipinski definition) is 0. The molecule has 0 aliphatic rings. The summed E-state index contributed by atoms with van der Waals surface area (Å²) in [5.74, 6) is 0.252. The van der Waals surface area contributed by atoms with Crippen LogP contribution in [0.1, 0.15) is 57.7 Å². The standard InChI is InChI=1S/C21H29ClN2O/c1-4-6-13-21(25)24(17(3)5-2)16-19-11-9-14-23(19)15-18-10-7-8-12-20(18)22/h7-12,14,17H,4-6,13,15-16H2,1-3H3/t17-/m1/s1. The van der Waals surface area contributed by atoms with Crippen LogP contribution in [0.3, 0.4) is 0 Å². The molecule has 0 unspecified atom stereocenters. The Labute approximate surface area is 156 Å². The van der Waals surface area contributed by atoms with Crippen LogP contribution in [-0.4, -0.2) is 21.4 Å². The number of carbonyl (C=O) groups excluding carboxylic acids is 1. The van der Waals surface area contributed by atoms with Gasteiger partial charge in [0.25, 0.3) is 0 Å². The van der Waals surface area contributed by atoms with E-state index in [0.29, 0.717) is 13.0 Å². The molecule has 1 aromatic carbocycles. The van der Waals surface area contributed by atoms with Crippen LogP contribution in [0, 0.1) is 0 Å². The molecule has 0 bridgehead atoms. The number of unbranched alkanes of at least 4 members (excludes halogenated alkanes) is 1. The van der Waals surface area contributed by atoms with Crippen LogP contribution in [0.5, 0.6) is 0 Å². The second kappa shape index (κ2) is 9.67. The molecule has 2 aromatic rings. The maximum absolute atomic E-state index is 12.6. The fraction of sp³-hybridized carbons (Fsp3) is 0.476. The van der Waals surface area contributed by atoms with Crippen LogP contribution < -0.4 is 0 Å². The maximum atomic E-state index is 12.6.